The number of carbonyl (C=O) groups is 1. The summed E-state index contributed by atoms with van der Waals surface area (Å²) in [6.45, 7) is 6.01. The van der Waals surface area contributed by atoms with E-state index in [1.54, 1.807) is 6.07 Å². The van der Waals surface area contributed by atoms with Crippen molar-refractivity contribution >= 4 is 11.6 Å². The summed E-state index contributed by atoms with van der Waals surface area (Å²) in [7, 11) is 0. The Morgan fingerprint density at radius 3 is 2.57 bits per heavy atom. The second-order valence-corrected chi connectivity index (χ2v) is 3.66. The SMILES string of the molecule is Cc1cccc(C(N)=O)c1NC(C)C. The van der Waals surface area contributed by atoms with Crippen LogP contribution in [0.15, 0.2) is 18.2 Å². The van der Waals surface area contributed by atoms with Gasteiger partial charge in [-0.15, -0.1) is 0 Å². The molecule has 0 bridgehead atoms. The highest BCUT2D eigenvalue weighted by molar-refractivity contribution is 5.99. The number of nitrogens with one attached hydrogen (secondary N) is 1. The first kappa shape index (κ1) is 10.6. The molecular weight excluding hydrogens is 176 g/mol. The summed E-state index contributed by atoms with van der Waals surface area (Å²) in [5.41, 5.74) is 7.71. The number of hydrogen-bond acceptors (Lipinski definition) is 2. The Hall–Kier alpha value is -1.51. The van der Waals surface area contributed by atoms with Crippen LogP contribution in [0.2, 0.25) is 0 Å². The molecule has 0 spiro atoms. The van der Waals surface area contributed by atoms with E-state index in [-0.39, 0.29) is 6.04 Å². The second-order valence-electron chi connectivity index (χ2n) is 3.66. The summed E-state index contributed by atoms with van der Waals surface area (Å²) in [5, 5.41) is 3.22. The van der Waals surface area contributed by atoms with E-state index < -0.39 is 5.91 Å². The van der Waals surface area contributed by atoms with Gasteiger partial charge in [-0.1, -0.05) is 12.1 Å². The number of nitrogens with two attached hydrogens (primary N) is 1. The molecule has 3 N–H and O–H groups in total. The number of para-hydroxylation sites is 1. The van der Waals surface area contributed by atoms with Gasteiger partial charge in [0.15, 0.2) is 0 Å². The molecule has 1 aromatic rings. The average molecular weight is 192 g/mol. The maximum absolute atomic E-state index is 11.1. The number of aryl methyl sites for hydroxylation is 1. The van der Waals surface area contributed by atoms with Gasteiger partial charge in [-0.2, -0.15) is 0 Å². The maximum Gasteiger partial charge on any atom is 0.250 e. The van der Waals surface area contributed by atoms with Crippen molar-refractivity contribution in [2.24, 2.45) is 5.73 Å². The highest BCUT2D eigenvalue weighted by Gasteiger charge is 2.10. The van der Waals surface area contributed by atoms with Crippen molar-refractivity contribution in [1.82, 2.24) is 0 Å². The molecule has 0 saturated heterocycles. The fourth-order valence-corrected chi connectivity index (χ4v) is 1.35. The first-order chi connectivity index (χ1) is 6.52. The summed E-state index contributed by atoms with van der Waals surface area (Å²) < 4.78 is 0. The number of benzene rings is 1. The van der Waals surface area contributed by atoms with E-state index in [4.69, 9.17) is 5.73 Å². The van der Waals surface area contributed by atoms with Gasteiger partial charge < -0.3 is 11.1 Å². The van der Waals surface area contributed by atoms with Crippen molar-refractivity contribution in [3.05, 3.63) is 29.3 Å². The number of anilines is 1. The van der Waals surface area contributed by atoms with E-state index in [0.717, 1.165) is 11.3 Å². The van der Waals surface area contributed by atoms with Crippen LogP contribution in [-0.4, -0.2) is 11.9 Å². The van der Waals surface area contributed by atoms with E-state index in [2.05, 4.69) is 5.32 Å². The maximum atomic E-state index is 11.1. The Morgan fingerprint density at radius 1 is 1.43 bits per heavy atom. The molecule has 0 saturated carbocycles. The van der Waals surface area contributed by atoms with Gasteiger partial charge in [0.25, 0.3) is 5.91 Å². The zero-order chi connectivity index (χ0) is 10.7. The monoisotopic (exact) mass is 192 g/mol. The molecule has 14 heavy (non-hydrogen) atoms. The molecule has 3 heteroatoms. The minimum atomic E-state index is -0.392. The van der Waals surface area contributed by atoms with Crippen LogP contribution >= 0.6 is 0 Å². The second kappa shape index (κ2) is 4.13. The molecule has 0 aliphatic carbocycles. The summed E-state index contributed by atoms with van der Waals surface area (Å²) in [5.74, 6) is -0.392. The van der Waals surface area contributed by atoms with Crippen LogP contribution in [0.5, 0.6) is 0 Å². The van der Waals surface area contributed by atoms with Crippen LogP contribution in [0.3, 0.4) is 0 Å². The smallest absolute Gasteiger partial charge is 0.250 e. The van der Waals surface area contributed by atoms with E-state index in [9.17, 15) is 4.79 Å². The molecule has 76 valence electrons. The van der Waals surface area contributed by atoms with E-state index >= 15 is 0 Å². The molecule has 1 rings (SSSR count). The predicted molar refractivity (Wildman–Crippen MR) is 58.5 cm³/mol. The first-order valence-electron chi connectivity index (χ1n) is 4.68. The van der Waals surface area contributed by atoms with Gasteiger partial charge in [-0.3, -0.25) is 4.79 Å². The number of carbonyl (C=O) groups excluding carboxylic acids is 1. The van der Waals surface area contributed by atoms with Crippen molar-refractivity contribution in [2.75, 3.05) is 5.32 Å². The molecule has 0 atom stereocenters. The van der Waals surface area contributed by atoms with Crippen molar-refractivity contribution in [1.29, 1.82) is 0 Å². The summed E-state index contributed by atoms with van der Waals surface area (Å²) in [6.07, 6.45) is 0. The molecule has 0 radical (unpaired) electrons. The predicted octanol–water partition coefficient (Wildman–Crippen LogP) is 1.91. The van der Waals surface area contributed by atoms with Crippen molar-refractivity contribution in [3.8, 4) is 0 Å². The largest absolute Gasteiger partial charge is 0.382 e. The molecule has 0 unspecified atom stereocenters. The summed E-state index contributed by atoms with van der Waals surface area (Å²) in [4.78, 5) is 11.1. The number of hydrogen-bond donors (Lipinski definition) is 2. The highest BCUT2D eigenvalue weighted by atomic mass is 16.1. The standard InChI is InChI=1S/C11H16N2O/c1-7(2)13-10-8(3)5-4-6-9(10)11(12)14/h4-7,13H,1-3H3,(H2,12,14). The van der Waals surface area contributed by atoms with Crippen LogP contribution in [0.4, 0.5) is 5.69 Å². The van der Waals surface area contributed by atoms with Gasteiger partial charge in [0.2, 0.25) is 0 Å². The van der Waals surface area contributed by atoms with Crippen LogP contribution in [-0.2, 0) is 0 Å². The number of amides is 1. The van der Waals surface area contributed by atoms with Gasteiger partial charge in [-0.05, 0) is 32.4 Å². The normalized spacial score (nSPS) is 10.3. The van der Waals surface area contributed by atoms with Crippen molar-refractivity contribution in [2.45, 2.75) is 26.8 Å². The van der Waals surface area contributed by atoms with E-state index in [1.165, 1.54) is 0 Å². The molecule has 0 fully saturated rings. The minimum Gasteiger partial charge on any atom is -0.382 e. The minimum absolute atomic E-state index is 0.286. The average Bonchev–Trinajstić information content (AvgIpc) is 2.07. The third kappa shape index (κ3) is 2.25. The molecule has 1 amide bonds. The quantitative estimate of drug-likeness (QED) is 0.768. The highest BCUT2D eigenvalue weighted by Crippen LogP contribution is 2.20. The number of primary amides is 1. The van der Waals surface area contributed by atoms with Crippen LogP contribution in [0.1, 0.15) is 29.8 Å². The van der Waals surface area contributed by atoms with Crippen molar-refractivity contribution < 1.29 is 4.79 Å². The Bertz CT molecular complexity index is 345. The van der Waals surface area contributed by atoms with Crippen molar-refractivity contribution in [3.63, 3.8) is 0 Å². The zero-order valence-corrected chi connectivity index (χ0v) is 8.79. The number of rotatable bonds is 3. The van der Waals surface area contributed by atoms with Crippen LogP contribution < -0.4 is 11.1 Å². The van der Waals surface area contributed by atoms with Gasteiger partial charge in [-0.25, -0.2) is 0 Å². The molecule has 1 aromatic carbocycles. The fraction of sp³-hybridized carbons (Fsp3) is 0.364. The molecular formula is C11H16N2O. The lowest BCUT2D eigenvalue weighted by Crippen LogP contribution is -2.18. The van der Waals surface area contributed by atoms with Gasteiger partial charge >= 0.3 is 0 Å². The van der Waals surface area contributed by atoms with Crippen LogP contribution in [0, 0.1) is 6.92 Å². The van der Waals surface area contributed by atoms with E-state index in [1.807, 2.05) is 32.9 Å². The lowest BCUT2D eigenvalue weighted by Gasteiger charge is -2.15. The molecule has 0 aromatic heterocycles. The van der Waals surface area contributed by atoms with E-state index in [0.29, 0.717) is 5.56 Å². The Morgan fingerprint density at radius 2 is 2.07 bits per heavy atom. The lowest BCUT2D eigenvalue weighted by atomic mass is 10.1. The van der Waals surface area contributed by atoms with Gasteiger partial charge in [0.1, 0.15) is 0 Å². The fourth-order valence-electron chi connectivity index (χ4n) is 1.35. The lowest BCUT2D eigenvalue weighted by molar-refractivity contribution is 0.100. The molecule has 0 aliphatic heterocycles. The van der Waals surface area contributed by atoms with Crippen LogP contribution in [0.25, 0.3) is 0 Å². The first-order valence-corrected chi connectivity index (χ1v) is 4.68. The molecule has 0 heterocycles. The third-order valence-electron chi connectivity index (χ3n) is 1.97. The Balaban J connectivity index is 3.15. The summed E-state index contributed by atoms with van der Waals surface area (Å²) in [6, 6.07) is 5.81. The third-order valence-corrected chi connectivity index (χ3v) is 1.97. The van der Waals surface area contributed by atoms with Gasteiger partial charge in [0.05, 0.1) is 11.3 Å². The molecule has 0 aliphatic rings. The Labute approximate surface area is 84.3 Å². The topological polar surface area (TPSA) is 55.1 Å². The zero-order valence-electron chi connectivity index (χ0n) is 8.79. The summed E-state index contributed by atoms with van der Waals surface area (Å²) >= 11 is 0. The Kier molecular flexibility index (Phi) is 3.12. The molecule has 3 nitrogen and oxygen atoms in total. The van der Waals surface area contributed by atoms with Gasteiger partial charge in [0, 0.05) is 6.04 Å².